The second kappa shape index (κ2) is 17.5. The van der Waals surface area contributed by atoms with Gasteiger partial charge in [0.25, 0.3) is 11.8 Å². The van der Waals surface area contributed by atoms with Crippen LogP contribution in [0.15, 0.2) is 119 Å². The van der Waals surface area contributed by atoms with Crippen LogP contribution in [0.2, 0.25) is 0 Å². The molecule has 0 bridgehead atoms. The third-order valence-electron chi connectivity index (χ3n) is 8.85. The maximum absolute atomic E-state index is 14.0. The summed E-state index contributed by atoms with van der Waals surface area (Å²) in [6.07, 6.45) is 2.04. The van der Waals surface area contributed by atoms with Crippen molar-refractivity contribution in [1.29, 1.82) is 0 Å². The zero-order chi connectivity index (χ0) is 38.0. The Morgan fingerprint density at radius 2 is 1.59 bits per heavy atom. The summed E-state index contributed by atoms with van der Waals surface area (Å²) < 4.78 is 11.3. The van der Waals surface area contributed by atoms with Gasteiger partial charge in [-0.15, -0.1) is 0 Å². The summed E-state index contributed by atoms with van der Waals surface area (Å²) in [6, 6.07) is 30.4. The Morgan fingerprint density at radius 3 is 2.41 bits per heavy atom. The van der Waals surface area contributed by atoms with Crippen LogP contribution in [0.1, 0.15) is 31.8 Å². The van der Waals surface area contributed by atoms with Crippen LogP contribution >= 0.6 is 15.9 Å². The zero-order valence-corrected chi connectivity index (χ0v) is 31.3. The lowest BCUT2D eigenvalue weighted by Crippen LogP contribution is -2.49. The van der Waals surface area contributed by atoms with E-state index in [4.69, 9.17) is 15.2 Å². The van der Waals surface area contributed by atoms with Crippen molar-refractivity contribution in [1.82, 2.24) is 20.9 Å². The predicted octanol–water partition coefficient (Wildman–Crippen LogP) is 5.91. The first-order valence-corrected chi connectivity index (χ1v) is 18.0. The van der Waals surface area contributed by atoms with E-state index in [9.17, 15) is 14.4 Å². The number of carbonyl (C=O) groups is 3. The van der Waals surface area contributed by atoms with Gasteiger partial charge in [-0.25, -0.2) is 4.99 Å². The fourth-order valence-corrected chi connectivity index (χ4v) is 6.37. The van der Waals surface area contributed by atoms with Crippen molar-refractivity contribution in [2.24, 2.45) is 10.7 Å². The summed E-state index contributed by atoms with van der Waals surface area (Å²) in [6.45, 7) is 0.758. The molecule has 0 radical (unpaired) electrons. The molecule has 1 heterocycles. The first-order chi connectivity index (χ1) is 26.2. The van der Waals surface area contributed by atoms with Crippen LogP contribution in [0, 0.1) is 0 Å². The minimum Gasteiger partial charge on any atom is -0.497 e. The quantitative estimate of drug-likeness (QED) is 0.0452. The highest BCUT2D eigenvalue weighted by atomic mass is 79.9. The molecule has 6 aromatic rings. The van der Waals surface area contributed by atoms with Gasteiger partial charge in [-0.3, -0.25) is 14.4 Å². The molecule has 276 valence electrons. The number of anilines is 1. The van der Waals surface area contributed by atoms with Gasteiger partial charge in [0, 0.05) is 58.3 Å². The van der Waals surface area contributed by atoms with E-state index in [-0.39, 0.29) is 43.5 Å². The zero-order valence-electron chi connectivity index (χ0n) is 29.7. The molecule has 54 heavy (non-hydrogen) atoms. The van der Waals surface area contributed by atoms with Crippen LogP contribution in [0.5, 0.6) is 11.5 Å². The number of H-pyrrole nitrogens is 1. The number of halogens is 1. The number of rotatable bonds is 14. The highest BCUT2D eigenvalue weighted by Gasteiger charge is 2.25. The summed E-state index contributed by atoms with van der Waals surface area (Å²) in [5.41, 5.74) is 9.63. The number of carbonyl (C=O) groups excluding carboxylic acids is 3. The molecule has 0 unspecified atom stereocenters. The lowest BCUT2D eigenvalue weighted by molar-refractivity contribution is -0.122. The molecule has 3 amide bonds. The van der Waals surface area contributed by atoms with E-state index >= 15 is 0 Å². The standard InChI is InChI=1S/C41H40BrN7O5/c1-53-31-15-13-28(37(22-31)54-2)23-47-41(43)45-18-17-44-40(52)36(20-29-24-46-34-10-6-5-9-32(29)34)49-39(51)33-21-30(42)14-16-35(33)48-38(50)27-12-11-25-7-3-4-8-26(25)19-27/h3-16,19,21-22,24,36,46H,17-18,20,23H2,1-2H3,(H,44,52)(H,48,50)(H,49,51)(H3,43,45,47)/t36-/m0/s1. The maximum Gasteiger partial charge on any atom is 0.255 e. The molecule has 6 rings (SSSR count). The third kappa shape index (κ3) is 9.17. The van der Waals surface area contributed by atoms with Crippen molar-refractivity contribution in [3.05, 3.63) is 136 Å². The van der Waals surface area contributed by atoms with Crippen LogP contribution in [0.4, 0.5) is 5.69 Å². The molecule has 0 fully saturated rings. The van der Waals surface area contributed by atoms with E-state index < -0.39 is 17.9 Å². The average Bonchev–Trinajstić information content (AvgIpc) is 3.61. The van der Waals surface area contributed by atoms with Crippen molar-refractivity contribution in [2.75, 3.05) is 32.6 Å². The molecule has 7 N–H and O–H groups in total. The van der Waals surface area contributed by atoms with E-state index in [1.165, 1.54) is 0 Å². The normalized spacial score (nSPS) is 11.9. The van der Waals surface area contributed by atoms with Gasteiger partial charge < -0.3 is 41.5 Å². The molecular weight excluding hydrogens is 750 g/mol. The predicted molar refractivity (Wildman–Crippen MR) is 215 cm³/mol. The van der Waals surface area contributed by atoms with Crippen LogP contribution in [-0.2, 0) is 17.8 Å². The Balaban J connectivity index is 1.14. The number of ether oxygens (including phenoxy) is 2. The number of para-hydroxylation sites is 1. The molecule has 0 aliphatic heterocycles. The fourth-order valence-electron chi connectivity index (χ4n) is 6.01. The molecule has 0 aliphatic rings. The fraction of sp³-hybridized carbons (Fsp3) is 0.171. The van der Waals surface area contributed by atoms with Gasteiger partial charge in [-0.05, 0) is 64.9 Å². The lowest BCUT2D eigenvalue weighted by atomic mass is 10.0. The number of nitrogens with two attached hydrogens (primary N) is 1. The monoisotopic (exact) mass is 789 g/mol. The summed E-state index contributed by atoms with van der Waals surface area (Å²) in [5, 5.41) is 14.6. The van der Waals surface area contributed by atoms with E-state index in [1.807, 2.05) is 72.9 Å². The third-order valence-corrected chi connectivity index (χ3v) is 9.34. The Bertz CT molecular complexity index is 2340. The highest BCUT2D eigenvalue weighted by molar-refractivity contribution is 9.10. The van der Waals surface area contributed by atoms with Crippen LogP contribution in [0.25, 0.3) is 21.7 Å². The summed E-state index contributed by atoms with van der Waals surface area (Å²) in [7, 11) is 3.16. The van der Waals surface area contributed by atoms with Crippen molar-refractivity contribution < 1.29 is 23.9 Å². The number of guanidine groups is 1. The SMILES string of the molecule is COc1ccc(CN=C(N)NCCNC(=O)[C@H](Cc2c[nH]c3ccccc23)NC(=O)c2cc(Br)ccc2NC(=O)c2ccc3ccccc3c2)c(OC)c1. The van der Waals surface area contributed by atoms with Gasteiger partial charge in [-0.2, -0.15) is 0 Å². The van der Waals surface area contributed by atoms with E-state index in [2.05, 4.69) is 47.2 Å². The first-order valence-electron chi connectivity index (χ1n) is 17.2. The summed E-state index contributed by atoms with van der Waals surface area (Å²) in [4.78, 5) is 48.7. The Labute approximate surface area is 320 Å². The molecular formula is C41H40BrN7O5. The van der Waals surface area contributed by atoms with Crippen LogP contribution < -0.4 is 36.5 Å². The minimum atomic E-state index is -0.965. The lowest BCUT2D eigenvalue weighted by Gasteiger charge is -2.20. The number of amides is 3. The van der Waals surface area contributed by atoms with Crippen LogP contribution in [0.3, 0.4) is 0 Å². The van der Waals surface area contributed by atoms with Crippen molar-refractivity contribution >= 4 is 67.0 Å². The molecule has 12 nitrogen and oxygen atoms in total. The number of benzene rings is 5. The van der Waals surface area contributed by atoms with Gasteiger partial charge in [0.2, 0.25) is 5.91 Å². The van der Waals surface area contributed by atoms with Gasteiger partial charge in [0.1, 0.15) is 17.5 Å². The number of aromatic amines is 1. The number of aromatic nitrogens is 1. The summed E-state index contributed by atoms with van der Waals surface area (Å²) in [5.74, 6) is 0.187. The summed E-state index contributed by atoms with van der Waals surface area (Å²) >= 11 is 3.45. The maximum atomic E-state index is 14.0. The van der Waals surface area contributed by atoms with Crippen molar-refractivity contribution in [2.45, 2.75) is 19.0 Å². The molecule has 0 saturated heterocycles. The van der Waals surface area contributed by atoms with Gasteiger partial charge in [0.05, 0.1) is 32.0 Å². The molecule has 0 spiro atoms. The minimum absolute atomic E-state index is 0.189. The van der Waals surface area contributed by atoms with Gasteiger partial charge in [0.15, 0.2) is 5.96 Å². The number of nitrogens with zero attached hydrogens (tertiary/aromatic N) is 1. The number of fused-ring (bicyclic) bond motifs is 2. The Hall–Kier alpha value is -6.34. The number of methoxy groups -OCH3 is 2. The molecule has 5 aromatic carbocycles. The van der Waals surface area contributed by atoms with E-state index in [0.717, 1.165) is 32.8 Å². The topological polar surface area (TPSA) is 172 Å². The largest absolute Gasteiger partial charge is 0.497 e. The average molecular weight is 791 g/mol. The number of nitrogens with one attached hydrogen (secondary N) is 5. The van der Waals surface area contributed by atoms with Crippen LogP contribution in [-0.4, -0.2) is 62.0 Å². The van der Waals surface area contributed by atoms with Gasteiger partial charge >= 0.3 is 0 Å². The Kier molecular flexibility index (Phi) is 12.1. The number of hydrogen-bond acceptors (Lipinski definition) is 6. The first kappa shape index (κ1) is 37.4. The van der Waals surface area contributed by atoms with E-state index in [1.54, 1.807) is 50.6 Å². The van der Waals surface area contributed by atoms with Crippen molar-refractivity contribution in [3.8, 4) is 11.5 Å². The molecule has 1 atom stereocenters. The second-order valence-corrected chi connectivity index (χ2v) is 13.3. The molecule has 13 heteroatoms. The number of aliphatic imine (C=N–C) groups is 1. The molecule has 0 saturated carbocycles. The number of hydrogen-bond donors (Lipinski definition) is 6. The Morgan fingerprint density at radius 1 is 0.815 bits per heavy atom. The molecule has 0 aliphatic carbocycles. The van der Waals surface area contributed by atoms with Crippen molar-refractivity contribution in [3.63, 3.8) is 0 Å². The van der Waals surface area contributed by atoms with Gasteiger partial charge in [-0.1, -0.05) is 64.5 Å². The molecule has 1 aromatic heterocycles. The highest BCUT2D eigenvalue weighted by Crippen LogP contribution is 2.26. The smallest absolute Gasteiger partial charge is 0.255 e. The second-order valence-electron chi connectivity index (χ2n) is 12.4. The van der Waals surface area contributed by atoms with E-state index in [0.29, 0.717) is 27.2 Å².